The molecule has 1 N–H and O–H groups in total. The van der Waals surface area contributed by atoms with Crippen molar-refractivity contribution >= 4 is 31.5 Å². The van der Waals surface area contributed by atoms with Gasteiger partial charge in [-0.15, -0.1) is 23.7 Å². The Labute approximate surface area is 162 Å². The first-order valence-electron chi connectivity index (χ1n) is 9.17. The van der Waals surface area contributed by atoms with Gasteiger partial charge in [-0.3, -0.25) is 4.79 Å². The van der Waals surface area contributed by atoms with E-state index in [-0.39, 0.29) is 5.43 Å². The molecule has 1 atom stereocenters. The zero-order chi connectivity index (χ0) is 18.6. The lowest BCUT2D eigenvalue weighted by Gasteiger charge is -2.12. The Morgan fingerprint density at radius 3 is 2.44 bits per heavy atom. The van der Waals surface area contributed by atoms with Crippen molar-refractivity contribution < 1.29 is 9.47 Å². The molecule has 1 aliphatic heterocycles. The van der Waals surface area contributed by atoms with E-state index in [1.165, 1.54) is 6.42 Å². The Bertz CT molecular complexity index is 1060. The van der Waals surface area contributed by atoms with E-state index in [9.17, 15) is 4.79 Å². The van der Waals surface area contributed by atoms with Crippen molar-refractivity contribution in [3.63, 3.8) is 0 Å². The van der Waals surface area contributed by atoms with Crippen molar-refractivity contribution in [2.24, 2.45) is 0 Å². The SMILES string of the molecule is C#CCCOc1ccc2c(=O)c3ccc(OCC4CCCN4)cc3sc2c1. The van der Waals surface area contributed by atoms with Gasteiger partial charge in [0.15, 0.2) is 5.43 Å². The molecule has 2 heterocycles. The molecule has 0 saturated carbocycles. The van der Waals surface area contributed by atoms with Crippen LogP contribution >= 0.6 is 11.3 Å². The Balaban J connectivity index is 1.63. The van der Waals surface area contributed by atoms with E-state index in [2.05, 4.69) is 11.2 Å². The molecular weight excluding hydrogens is 358 g/mol. The number of ether oxygens (including phenoxy) is 2. The number of rotatable bonds is 6. The smallest absolute Gasteiger partial charge is 0.195 e. The van der Waals surface area contributed by atoms with Gasteiger partial charge in [0.2, 0.25) is 0 Å². The van der Waals surface area contributed by atoms with Gasteiger partial charge in [0.1, 0.15) is 18.1 Å². The van der Waals surface area contributed by atoms with E-state index in [1.54, 1.807) is 11.3 Å². The predicted molar refractivity (Wildman–Crippen MR) is 111 cm³/mol. The van der Waals surface area contributed by atoms with Crippen LogP contribution in [0.25, 0.3) is 20.2 Å². The summed E-state index contributed by atoms with van der Waals surface area (Å²) in [6.07, 6.45) is 8.16. The maximum atomic E-state index is 12.8. The fourth-order valence-electron chi connectivity index (χ4n) is 3.32. The fraction of sp³-hybridized carbons (Fsp3) is 0.318. The Morgan fingerprint density at radius 1 is 1.11 bits per heavy atom. The Kier molecular flexibility index (Phi) is 5.28. The highest BCUT2D eigenvalue weighted by Crippen LogP contribution is 2.30. The molecule has 2 aromatic carbocycles. The van der Waals surface area contributed by atoms with Crippen LogP contribution in [0.3, 0.4) is 0 Å². The number of hydrogen-bond donors (Lipinski definition) is 1. The third kappa shape index (κ3) is 3.92. The van der Waals surface area contributed by atoms with E-state index in [4.69, 9.17) is 15.9 Å². The van der Waals surface area contributed by atoms with E-state index in [0.29, 0.717) is 31.1 Å². The third-order valence-electron chi connectivity index (χ3n) is 4.74. The van der Waals surface area contributed by atoms with E-state index < -0.39 is 0 Å². The van der Waals surface area contributed by atoms with Gasteiger partial charge in [-0.05, 0) is 55.8 Å². The largest absolute Gasteiger partial charge is 0.493 e. The zero-order valence-corrected chi connectivity index (χ0v) is 15.8. The monoisotopic (exact) mass is 379 g/mol. The minimum absolute atomic E-state index is 0.0398. The molecule has 1 unspecified atom stereocenters. The summed E-state index contributed by atoms with van der Waals surface area (Å²) in [5, 5.41) is 4.86. The Hall–Kier alpha value is -2.55. The molecule has 0 aliphatic carbocycles. The van der Waals surface area contributed by atoms with Crippen LogP contribution in [0.5, 0.6) is 11.5 Å². The second-order valence-electron chi connectivity index (χ2n) is 6.65. The molecule has 27 heavy (non-hydrogen) atoms. The molecule has 1 fully saturated rings. The van der Waals surface area contributed by atoms with Crippen molar-refractivity contribution in [2.75, 3.05) is 19.8 Å². The minimum Gasteiger partial charge on any atom is -0.493 e. The summed E-state index contributed by atoms with van der Waals surface area (Å²) in [6.45, 7) is 2.18. The van der Waals surface area contributed by atoms with Crippen LogP contribution in [0, 0.1) is 12.3 Å². The van der Waals surface area contributed by atoms with Gasteiger partial charge in [-0.25, -0.2) is 0 Å². The fourth-order valence-corrected chi connectivity index (χ4v) is 4.44. The second kappa shape index (κ2) is 7.99. The van der Waals surface area contributed by atoms with Gasteiger partial charge >= 0.3 is 0 Å². The molecule has 1 aromatic heterocycles. The molecule has 138 valence electrons. The quantitative estimate of drug-likeness (QED) is 0.400. The number of benzene rings is 2. The Morgan fingerprint density at radius 2 is 1.81 bits per heavy atom. The van der Waals surface area contributed by atoms with Crippen LogP contribution in [-0.4, -0.2) is 25.8 Å². The van der Waals surface area contributed by atoms with Crippen LogP contribution in [0.2, 0.25) is 0 Å². The molecular formula is C22H21NO3S. The van der Waals surface area contributed by atoms with Crippen molar-refractivity contribution in [2.45, 2.75) is 25.3 Å². The van der Waals surface area contributed by atoms with Crippen molar-refractivity contribution in [3.8, 4) is 23.8 Å². The van der Waals surface area contributed by atoms with Crippen molar-refractivity contribution in [3.05, 3.63) is 46.6 Å². The zero-order valence-electron chi connectivity index (χ0n) is 15.0. The summed E-state index contributed by atoms with van der Waals surface area (Å²) >= 11 is 1.58. The average molecular weight is 379 g/mol. The average Bonchev–Trinajstić information content (AvgIpc) is 3.20. The van der Waals surface area contributed by atoms with Gasteiger partial charge in [0, 0.05) is 32.6 Å². The van der Waals surface area contributed by atoms with Gasteiger partial charge in [0.25, 0.3) is 0 Å². The van der Waals surface area contributed by atoms with Crippen LogP contribution in [0.4, 0.5) is 0 Å². The molecule has 0 spiro atoms. The lowest BCUT2D eigenvalue weighted by atomic mass is 10.1. The normalized spacial score (nSPS) is 16.5. The molecule has 1 saturated heterocycles. The highest BCUT2D eigenvalue weighted by atomic mass is 32.1. The molecule has 0 amide bonds. The van der Waals surface area contributed by atoms with Crippen LogP contribution in [0.15, 0.2) is 41.2 Å². The van der Waals surface area contributed by atoms with Crippen molar-refractivity contribution in [1.82, 2.24) is 5.32 Å². The summed E-state index contributed by atoms with van der Waals surface area (Å²) in [5.41, 5.74) is 0.0398. The predicted octanol–water partition coefficient (Wildman–Crippen LogP) is 3.95. The first-order valence-corrected chi connectivity index (χ1v) is 9.99. The third-order valence-corrected chi connectivity index (χ3v) is 5.86. The van der Waals surface area contributed by atoms with E-state index in [0.717, 1.165) is 39.3 Å². The molecule has 0 radical (unpaired) electrons. The van der Waals surface area contributed by atoms with Gasteiger partial charge in [0.05, 0.1) is 6.61 Å². The highest BCUT2D eigenvalue weighted by molar-refractivity contribution is 7.24. The molecule has 4 rings (SSSR count). The minimum atomic E-state index is 0.0398. The van der Waals surface area contributed by atoms with Crippen LogP contribution in [-0.2, 0) is 0 Å². The maximum absolute atomic E-state index is 12.8. The number of fused-ring (bicyclic) bond motifs is 2. The molecule has 3 aromatic rings. The number of terminal acetylenes is 1. The van der Waals surface area contributed by atoms with E-state index in [1.807, 2.05) is 36.4 Å². The first kappa shape index (κ1) is 17.8. The molecule has 0 bridgehead atoms. The van der Waals surface area contributed by atoms with Crippen molar-refractivity contribution in [1.29, 1.82) is 0 Å². The molecule has 1 aliphatic rings. The summed E-state index contributed by atoms with van der Waals surface area (Å²) in [4.78, 5) is 12.8. The lowest BCUT2D eigenvalue weighted by molar-refractivity contribution is 0.277. The summed E-state index contributed by atoms with van der Waals surface area (Å²) in [5.74, 6) is 4.08. The standard InChI is InChI=1S/C22H21NO3S/c1-2-3-11-25-16-6-8-18-20(12-16)27-21-13-17(7-9-19(21)22(18)24)26-14-15-5-4-10-23-15/h1,6-9,12-13,15,23H,3-5,10-11,14H2. The number of nitrogens with one attached hydrogen (secondary N) is 1. The van der Waals surface area contributed by atoms with Crippen LogP contribution < -0.4 is 20.2 Å². The summed E-state index contributed by atoms with van der Waals surface area (Å²) in [6, 6.07) is 11.7. The molecule has 4 nitrogen and oxygen atoms in total. The molecule has 5 heteroatoms. The highest BCUT2D eigenvalue weighted by Gasteiger charge is 2.15. The number of hydrogen-bond acceptors (Lipinski definition) is 5. The first-order chi connectivity index (χ1) is 13.2. The van der Waals surface area contributed by atoms with Gasteiger partial charge in [-0.1, -0.05) is 0 Å². The lowest BCUT2D eigenvalue weighted by Crippen LogP contribution is -2.28. The summed E-state index contributed by atoms with van der Waals surface area (Å²) < 4.78 is 13.4. The summed E-state index contributed by atoms with van der Waals surface area (Å²) in [7, 11) is 0. The second-order valence-corrected chi connectivity index (χ2v) is 7.74. The van der Waals surface area contributed by atoms with E-state index >= 15 is 0 Å². The maximum Gasteiger partial charge on any atom is 0.195 e. The van der Waals surface area contributed by atoms with Gasteiger partial charge < -0.3 is 14.8 Å². The van der Waals surface area contributed by atoms with Gasteiger partial charge in [-0.2, -0.15) is 0 Å². The van der Waals surface area contributed by atoms with Crippen LogP contribution in [0.1, 0.15) is 19.3 Å². The topological polar surface area (TPSA) is 47.6 Å².